The fraction of sp³-hybridized carbons (Fsp3) is 0.214. The molecule has 3 aromatic carbocycles. The number of hydrogen-bond donors (Lipinski definition) is 2. The molecule has 38 heavy (non-hydrogen) atoms. The van der Waals surface area contributed by atoms with Gasteiger partial charge in [0.15, 0.2) is 11.0 Å². The number of fused-ring (bicyclic) bond motifs is 1. The number of rotatable bonds is 12. The second-order valence-electron chi connectivity index (χ2n) is 8.28. The van der Waals surface area contributed by atoms with Crippen molar-refractivity contribution in [3.05, 3.63) is 84.7 Å². The number of hydrogen-bond acceptors (Lipinski definition) is 8. The third kappa shape index (κ3) is 6.33. The fourth-order valence-corrected chi connectivity index (χ4v) is 4.67. The van der Waals surface area contributed by atoms with Crippen LogP contribution >= 0.6 is 11.8 Å². The smallest absolute Gasteiger partial charge is 0.253 e. The minimum atomic E-state index is -0.462. The Morgan fingerprint density at radius 3 is 2.74 bits per heavy atom. The van der Waals surface area contributed by atoms with E-state index in [4.69, 9.17) is 9.47 Å². The number of thioether (sulfide) groups is 1. The van der Waals surface area contributed by atoms with Gasteiger partial charge in [0.25, 0.3) is 5.91 Å². The van der Waals surface area contributed by atoms with Crippen molar-refractivity contribution in [2.75, 3.05) is 19.5 Å². The van der Waals surface area contributed by atoms with Crippen molar-refractivity contribution in [1.82, 2.24) is 20.2 Å². The predicted molar refractivity (Wildman–Crippen MR) is 152 cm³/mol. The number of allylic oxidation sites excluding steroid dienone is 1. The van der Waals surface area contributed by atoms with E-state index in [-0.39, 0.29) is 5.91 Å². The molecule has 0 aliphatic heterocycles. The van der Waals surface area contributed by atoms with Crippen molar-refractivity contribution < 1.29 is 14.3 Å². The van der Waals surface area contributed by atoms with E-state index in [0.717, 1.165) is 22.3 Å². The number of carbonyl (C=O) groups is 1. The first kappa shape index (κ1) is 26.7. The van der Waals surface area contributed by atoms with Gasteiger partial charge in [0, 0.05) is 29.2 Å². The van der Waals surface area contributed by atoms with E-state index >= 15 is 0 Å². The predicted octanol–water partition coefficient (Wildman–Crippen LogP) is 4.88. The molecule has 0 aliphatic rings. The summed E-state index contributed by atoms with van der Waals surface area (Å²) >= 11 is 1.31. The van der Waals surface area contributed by atoms with Gasteiger partial charge in [-0.1, -0.05) is 54.2 Å². The Balaban J connectivity index is 1.40. The number of methoxy groups -OCH3 is 2. The summed E-state index contributed by atoms with van der Waals surface area (Å²) in [6, 6.07) is 19.7. The Morgan fingerprint density at radius 2 is 1.95 bits per heavy atom. The average Bonchev–Trinajstić information content (AvgIpc) is 3.32. The Hall–Kier alpha value is -4.31. The molecule has 10 heteroatoms. The zero-order valence-electron chi connectivity index (χ0n) is 21.5. The first-order chi connectivity index (χ1) is 18.5. The molecule has 4 aromatic rings. The first-order valence-corrected chi connectivity index (χ1v) is 12.9. The molecule has 0 saturated carbocycles. The lowest BCUT2D eigenvalue weighted by Gasteiger charge is -2.13. The van der Waals surface area contributed by atoms with Crippen LogP contribution in [0.25, 0.3) is 10.8 Å². The molecule has 1 atom stereocenters. The molecule has 1 aromatic heterocycles. The van der Waals surface area contributed by atoms with Crippen molar-refractivity contribution in [3.8, 4) is 11.5 Å². The van der Waals surface area contributed by atoms with E-state index in [0.29, 0.717) is 35.3 Å². The van der Waals surface area contributed by atoms with Gasteiger partial charge in [-0.2, -0.15) is 5.10 Å². The topological polar surface area (TPSA) is 103 Å². The number of hydrazone groups is 1. The SMILES string of the molecule is C=CCn1c(CNc2cccc3ccccc23)nnc1S[C@H](C)C(=O)N/N=C\c1ccc(OC)cc1OC. The zero-order valence-corrected chi connectivity index (χ0v) is 22.4. The molecule has 0 bridgehead atoms. The number of amides is 1. The Bertz CT molecular complexity index is 1450. The summed E-state index contributed by atoms with van der Waals surface area (Å²) < 4.78 is 12.5. The van der Waals surface area contributed by atoms with Crippen molar-refractivity contribution in [2.45, 2.75) is 30.4 Å². The first-order valence-electron chi connectivity index (χ1n) is 12.0. The molecule has 0 saturated heterocycles. The highest BCUT2D eigenvalue weighted by Crippen LogP contribution is 2.26. The summed E-state index contributed by atoms with van der Waals surface area (Å²) in [5.41, 5.74) is 4.32. The van der Waals surface area contributed by atoms with Gasteiger partial charge in [-0.15, -0.1) is 16.8 Å². The molecule has 9 nitrogen and oxygen atoms in total. The molecule has 0 aliphatic carbocycles. The average molecular weight is 531 g/mol. The van der Waals surface area contributed by atoms with Gasteiger partial charge in [-0.3, -0.25) is 4.79 Å². The van der Waals surface area contributed by atoms with Gasteiger partial charge in [0.1, 0.15) is 11.5 Å². The van der Waals surface area contributed by atoms with Crippen LogP contribution < -0.4 is 20.2 Å². The number of benzene rings is 3. The molecule has 2 N–H and O–H groups in total. The molecular formula is C28H30N6O3S. The van der Waals surface area contributed by atoms with Crippen LogP contribution in [0.2, 0.25) is 0 Å². The summed E-state index contributed by atoms with van der Waals surface area (Å²) in [7, 11) is 3.15. The monoisotopic (exact) mass is 530 g/mol. The van der Waals surface area contributed by atoms with Gasteiger partial charge in [0.2, 0.25) is 0 Å². The lowest BCUT2D eigenvalue weighted by Crippen LogP contribution is -2.27. The van der Waals surface area contributed by atoms with Crippen LogP contribution in [0.5, 0.6) is 11.5 Å². The van der Waals surface area contributed by atoms with Crippen molar-refractivity contribution in [1.29, 1.82) is 0 Å². The molecule has 1 amide bonds. The number of nitrogens with one attached hydrogen (secondary N) is 2. The molecule has 0 fully saturated rings. The van der Waals surface area contributed by atoms with E-state index in [2.05, 4.69) is 50.8 Å². The number of nitrogens with zero attached hydrogens (tertiary/aromatic N) is 4. The van der Waals surface area contributed by atoms with Crippen LogP contribution in [0.1, 0.15) is 18.3 Å². The third-order valence-corrected chi connectivity index (χ3v) is 6.88. The van der Waals surface area contributed by atoms with Crippen LogP contribution in [0.4, 0.5) is 5.69 Å². The maximum atomic E-state index is 12.7. The minimum Gasteiger partial charge on any atom is -0.497 e. The van der Waals surface area contributed by atoms with Crippen molar-refractivity contribution in [3.63, 3.8) is 0 Å². The molecule has 196 valence electrons. The largest absolute Gasteiger partial charge is 0.497 e. The highest BCUT2D eigenvalue weighted by atomic mass is 32.2. The summed E-state index contributed by atoms with van der Waals surface area (Å²) in [6.45, 7) is 6.65. The van der Waals surface area contributed by atoms with E-state index in [1.807, 2.05) is 28.8 Å². The highest BCUT2D eigenvalue weighted by molar-refractivity contribution is 8.00. The van der Waals surface area contributed by atoms with Crippen molar-refractivity contribution >= 4 is 40.3 Å². The number of anilines is 1. The standard InChI is InChI=1S/C28H30N6O3S/c1-5-15-34-26(18-29-24-12-8-10-20-9-6-7-11-23(20)24)31-33-28(34)38-19(2)27(35)32-30-17-21-13-14-22(36-3)16-25(21)37-4/h5-14,16-17,19,29H,1,15,18H2,2-4H3,(H,32,35)/b30-17-/t19-/m1/s1. The molecular weight excluding hydrogens is 500 g/mol. The highest BCUT2D eigenvalue weighted by Gasteiger charge is 2.20. The maximum absolute atomic E-state index is 12.7. The van der Waals surface area contributed by atoms with E-state index in [1.54, 1.807) is 45.4 Å². The van der Waals surface area contributed by atoms with E-state index in [9.17, 15) is 4.79 Å². The van der Waals surface area contributed by atoms with Gasteiger partial charge in [-0.25, -0.2) is 5.43 Å². The maximum Gasteiger partial charge on any atom is 0.253 e. The van der Waals surface area contributed by atoms with Crippen LogP contribution in [0, 0.1) is 0 Å². The summed E-state index contributed by atoms with van der Waals surface area (Å²) in [6.07, 6.45) is 3.32. The van der Waals surface area contributed by atoms with Gasteiger partial charge >= 0.3 is 0 Å². The van der Waals surface area contributed by atoms with Crippen LogP contribution in [0.15, 0.2) is 83.6 Å². The fourth-order valence-electron chi connectivity index (χ4n) is 3.80. The molecule has 0 unspecified atom stereocenters. The lowest BCUT2D eigenvalue weighted by molar-refractivity contribution is -0.120. The van der Waals surface area contributed by atoms with Gasteiger partial charge < -0.3 is 19.4 Å². The number of aromatic nitrogens is 3. The molecule has 0 radical (unpaired) electrons. The summed E-state index contributed by atoms with van der Waals surface area (Å²) in [5, 5.41) is 18.7. The Morgan fingerprint density at radius 1 is 1.13 bits per heavy atom. The molecule has 4 rings (SSSR count). The second kappa shape index (κ2) is 12.8. The Labute approximate surface area is 225 Å². The van der Waals surface area contributed by atoms with Gasteiger partial charge in [-0.05, 0) is 30.5 Å². The summed E-state index contributed by atoms with van der Waals surface area (Å²) in [4.78, 5) is 12.7. The second-order valence-corrected chi connectivity index (χ2v) is 9.59. The molecule has 1 heterocycles. The third-order valence-electron chi connectivity index (χ3n) is 5.80. The quantitative estimate of drug-likeness (QED) is 0.117. The van der Waals surface area contributed by atoms with Crippen LogP contribution in [-0.4, -0.2) is 46.4 Å². The number of ether oxygens (including phenoxy) is 2. The summed E-state index contributed by atoms with van der Waals surface area (Å²) in [5.74, 6) is 1.75. The molecule has 0 spiro atoms. The van der Waals surface area contributed by atoms with E-state index in [1.165, 1.54) is 18.0 Å². The minimum absolute atomic E-state index is 0.262. The van der Waals surface area contributed by atoms with Crippen LogP contribution in [-0.2, 0) is 17.9 Å². The van der Waals surface area contributed by atoms with Crippen LogP contribution in [0.3, 0.4) is 0 Å². The Kier molecular flexibility index (Phi) is 8.99. The lowest BCUT2D eigenvalue weighted by atomic mass is 10.1. The number of carbonyl (C=O) groups excluding carboxylic acids is 1. The zero-order chi connectivity index (χ0) is 26.9. The normalized spacial score (nSPS) is 11.9. The van der Waals surface area contributed by atoms with E-state index < -0.39 is 5.25 Å². The van der Waals surface area contributed by atoms with Crippen molar-refractivity contribution in [2.24, 2.45) is 5.10 Å². The van der Waals surface area contributed by atoms with Gasteiger partial charge in [0.05, 0.1) is 32.2 Å².